The second-order valence-electron chi connectivity index (χ2n) is 5.94. The van der Waals surface area contributed by atoms with Gasteiger partial charge in [-0.05, 0) is 51.8 Å². The van der Waals surface area contributed by atoms with Crippen LogP contribution in [-0.2, 0) is 6.54 Å². The van der Waals surface area contributed by atoms with Crippen LogP contribution < -0.4 is 5.73 Å². The van der Waals surface area contributed by atoms with Crippen molar-refractivity contribution in [2.45, 2.75) is 58.7 Å². The summed E-state index contributed by atoms with van der Waals surface area (Å²) in [7, 11) is 0. The van der Waals surface area contributed by atoms with Crippen LogP contribution in [0.1, 0.15) is 51.8 Å². The van der Waals surface area contributed by atoms with Gasteiger partial charge in [0.1, 0.15) is 0 Å². The Bertz CT molecular complexity index is 385. The number of hydrogen-bond donors (Lipinski definition) is 1. The molecule has 1 saturated carbocycles. The van der Waals surface area contributed by atoms with E-state index in [0.717, 1.165) is 19.6 Å². The Morgan fingerprint density at radius 3 is 2.84 bits per heavy atom. The van der Waals surface area contributed by atoms with Crippen molar-refractivity contribution in [2.24, 2.45) is 11.7 Å². The van der Waals surface area contributed by atoms with Gasteiger partial charge in [0.05, 0.1) is 5.69 Å². The predicted molar refractivity (Wildman–Crippen MR) is 78.9 cm³/mol. The van der Waals surface area contributed by atoms with E-state index in [-0.39, 0.29) is 0 Å². The third kappa shape index (κ3) is 3.37. The van der Waals surface area contributed by atoms with Crippen molar-refractivity contribution in [3.63, 3.8) is 0 Å². The zero-order valence-corrected chi connectivity index (χ0v) is 12.5. The SMILES string of the molecule is CCN(Cc1ccn(C(C)C)n1)C1CCCC1CN. The molecule has 2 unspecified atom stereocenters. The van der Waals surface area contributed by atoms with Crippen molar-refractivity contribution >= 4 is 0 Å². The van der Waals surface area contributed by atoms with E-state index in [1.54, 1.807) is 0 Å². The summed E-state index contributed by atoms with van der Waals surface area (Å²) in [6.45, 7) is 9.42. The molecule has 0 aliphatic heterocycles. The van der Waals surface area contributed by atoms with Crippen LogP contribution in [0, 0.1) is 5.92 Å². The van der Waals surface area contributed by atoms with Gasteiger partial charge in [-0.2, -0.15) is 5.10 Å². The van der Waals surface area contributed by atoms with Crippen molar-refractivity contribution in [3.8, 4) is 0 Å². The fourth-order valence-electron chi connectivity index (χ4n) is 3.19. The van der Waals surface area contributed by atoms with Crippen LogP contribution in [0.3, 0.4) is 0 Å². The third-order valence-electron chi connectivity index (χ3n) is 4.35. The largest absolute Gasteiger partial charge is 0.330 e. The van der Waals surface area contributed by atoms with E-state index >= 15 is 0 Å². The molecule has 1 aliphatic rings. The summed E-state index contributed by atoms with van der Waals surface area (Å²) >= 11 is 0. The number of hydrogen-bond acceptors (Lipinski definition) is 3. The molecule has 19 heavy (non-hydrogen) atoms. The topological polar surface area (TPSA) is 47.1 Å². The Morgan fingerprint density at radius 1 is 1.47 bits per heavy atom. The summed E-state index contributed by atoms with van der Waals surface area (Å²) in [6, 6.07) is 3.24. The van der Waals surface area contributed by atoms with Gasteiger partial charge in [0.2, 0.25) is 0 Å². The summed E-state index contributed by atoms with van der Waals surface area (Å²) in [4.78, 5) is 2.55. The zero-order chi connectivity index (χ0) is 13.8. The number of aromatic nitrogens is 2. The molecule has 2 atom stereocenters. The maximum atomic E-state index is 5.91. The Morgan fingerprint density at radius 2 is 2.26 bits per heavy atom. The predicted octanol–water partition coefficient (Wildman–Crippen LogP) is 2.41. The van der Waals surface area contributed by atoms with Gasteiger partial charge in [-0.15, -0.1) is 0 Å². The summed E-state index contributed by atoms with van der Waals surface area (Å²) in [6.07, 6.45) is 5.99. The summed E-state index contributed by atoms with van der Waals surface area (Å²) in [5, 5.41) is 4.66. The number of rotatable bonds is 6. The molecule has 0 aromatic carbocycles. The summed E-state index contributed by atoms with van der Waals surface area (Å²) < 4.78 is 2.04. The monoisotopic (exact) mass is 264 g/mol. The highest BCUT2D eigenvalue weighted by molar-refractivity contribution is 5.01. The number of nitrogens with two attached hydrogens (primary N) is 1. The van der Waals surface area contributed by atoms with Crippen LogP contribution in [0.5, 0.6) is 0 Å². The zero-order valence-electron chi connectivity index (χ0n) is 12.5. The van der Waals surface area contributed by atoms with Crippen LogP contribution in [0.25, 0.3) is 0 Å². The normalized spacial score (nSPS) is 23.7. The molecule has 2 rings (SSSR count). The molecule has 0 spiro atoms. The van der Waals surface area contributed by atoms with Gasteiger partial charge in [0.15, 0.2) is 0 Å². The standard InChI is InChI=1S/C15H28N4/c1-4-18(15-7-5-6-13(15)10-16)11-14-8-9-19(17-14)12(2)3/h8-9,12-13,15H,4-7,10-11,16H2,1-3H3. The van der Waals surface area contributed by atoms with E-state index in [9.17, 15) is 0 Å². The van der Waals surface area contributed by atoms with E-state index in [1.165, 1.54) is 25.0 Å². The van der Waals surface area contributed by atoms with Crippen LogP contribution in [0.2, 0.25) is 0 Å². The van der Waals surface area contributed by atoms with E-state index in [2.05, 4.69) is 43.0 Å². The maximum absolute atomic E-state index is 5.91. The van der Waals surface area contributed by atoms with Gasteiger partial charge in [-0.3, -0.25) is 9.58 Å². The minimum atomic E-state index is 0.437. The minimum Gasteiger partial charge on any atom is -0.330 e. The Labute approximate surface area is 117 Å². The lowest BCUT2D eigenvalue weighted by molar-refractivity contribution is 0.160. The van der Waals surface area contributed by atoms with Crippen LogP contribution in [0.4, 0.5) is 0 Å². The minimum absolute atomic E-state index is 0.437. The highest BCUT2D eigenvalue weighted by Crippen LogP contribution is 2.30. The first-order valence-electron chi connectivity index (χ1n) is 7.63. The molecule has 1 fully saturated rings. The molecular weight excluding hydrogens is 236 g/mol. The fraction of sp³-hybridized carbons (Fsp3) is 0.800. The molecule has 1 aromatic rings. The molecule has 108 valence electrons. The molecule has 2 N–H and O–H groups in total. The smallest absolute Gasteiger partial charge is 0.0764 e. The fourth-order valence-corrected chi connectivity index (χ4v) is 3.19. The lowest BCUT2D eigenvalue weighted by Crippen LogP contribution is -2.39. The Kier molecular flexibility index (Phi) is 4.99. The molecule has 0 bridgehead atoms. The van der Waals surface area contributed by atoms with E-state index in [1.807, 2.05) is 4.68 Å². The summed E-state index contributed by atoms with van der Waals surface area (Å²) in [5.74, 6) is 0.673. The quantitative estimate of drug-likeness (QED) is 0.858. The summed E-state index contributed by atoms with van der Waals surface area (Å²) in [5.41, 5.74) is 7.09. The molecule has 4 nitrogen and oxygen atoms in total. The van der Waals surface area contributed by atoms with Crippen molar-refractivity contribution in [3.05, 3.63) is 18.0 Å². The van der Waals surface area contributed by atoms with E-state index in [4.69, 9.17) is 5.73 Å². The molecule has 0 saturated heterocycles. The van der Waals surface area contributed by atoms with E-state index < -0.39 is 0 Å². The van der Waals surface area contributed by atoms with Crippen molar-refractivity contribution in [2.75, 3.05) is 13.1 Å². The average Bonchev–Trinajstić information content (AvgIpc) is 3.04. The van der Waals surface area contributed by atoms with Gasteiger partial charge in [0, 0.05) is 24.8 Å². The van der Waals surface area contributed by atoms with Gasteiger partial charge in [-0.1, -0.05) is 13.3 Å². The molecule has 4 heteroatoms. The first kappa shape index (κ1) is 14.5. The van der Waals surface area contributed by atoms with Crippen molar-refractivity contribution in [1.82, 2.24) is 14.7 Å². The molecule has 1 aliphatic carbocycles. The molecular formula is C15H28N4. The van der Waals surface area contributed by atoms with Crippen molar-refractivity contribution < 1.29 is 0 Å². The van der Waals surface area contributed by atoms with Crippen molar-refractivity contribution in [1.29, 1.82) is 0 Å². The van der Waals surface area contributed by atoms with Gasteiger partial charge in [-0.25, -0.2) is 0 Å². The van der Waals surface area contributed by atoms with Gasteiger partial charge < -0.3 is 5.73 Å². The third-order valence-corrected chi connectivity index (χ3v) is 4.35. The molecule has 1 aromatic heterocycles. The van der Waals surface area contributed by atoms with Gasteiger partial charge >= 0.3 is 0 Å². The lowest BCUT2D eigenvalue weighted by atomic mass is 10.0. The van der Waals surface area contributed by atoms with Crippen LogP contribution >= 0.6 is 0 Å². The second kappa shape index (κ2) is 6.53. The van der Waals surface area contributed by atoms with Crippen LogP contribution in [-0.4, -0.2) is 33.8 Å². The molecule has 0 amide bonds. The first-order valence-corrected chi connectivity index (χ1v) is 7.63. The molecule has 0 radical (unpaired) electrons. The van der Waals surface area contributed by atoms with E-state index in [0.29, 0.717) is 18.0 Å². The number of nitrogens with zero attached hydrogens (tertiary/aromatic N) is 3. The van der Waals surface area contributed by atoms with Gasteiger partial charge in [0.25, 0.3) is 0 Å². The Balaban J connectivity index is 2.01. The average molecular weight is 264 g/mol. The lowest BCUT2D eigenvalue weighted by Gasteiger charge is -2.31. The first-order chi connectivity index (χ1) is 9.15. The Hall–Kier alpha value is -0.870. The highest BCUT2D eigenvalue weighted by atomic mass is 15.3. The maximum Gasteiger partial charge on any atom is 0.0764 e. The second-order valence-corrected chi connectivity index (χ2v) is 5.94. The van der Waals surface area contributed by atoms with Crippen LogP contribution in [0.15, 0.2) is 12.3 Å². The molecule has 1 heterocycles. The highest BCUT2D eigenvalue weighted by Gasteiger charge is 2.30.